The molecule has 1 fully saturated rings. The van der Waals surface area contributed by atoms with Crippen LogP contribution in [0.1, 0.15) is 19.3 Å². The highest BCUT2D eigenvalue weighted by molar-refractivity contribution is 5.79. The molecule has 4 nitrogen and oxygen atoms in total. The average molecular weight is 209 g/mol. The van der Waals surface area contributed by atoms with E-state index in [1.165, 1.54) is 7.11 Å². The van der Waals surface area contributed by atoms with Crippen molar-refractivity contribution in [1.82, 2.24) is 4.90 Å². The summed E-state index contributed by atoms with van der Waals surface area (Å²) in [5.41, 5.74) is 0. The smallest absolute Gasteiger partial charge is 0.310 e. The molecule has 0 saturated carbocycles. The number of esters is 1. The second-order valence-electron chi connectivity index (χ2n) is 3.55. The zero-order valence-electron chi connectivity index (χ0n) is 8.86. The van der Waals surface area contributed by atoms with Gasteiger partial charge in [0.05, 0.1) is 13.0 Å². The number of hydrogen-bond acceptors (Lipinski definition) is 3. The summed E-state index contributed by atoms with van der Waals surface area (Å²) in [7, 11) is 1.37. The van der Waals surface area contributed by atoms with Crippen LogP contribution in [0, 0.1) is 18.3 Å². The van der Waals surface area contributed by atoms with Gasteiger partial charge in [-0.05, 0) is 6.42 Å². The maximum absolute atomic E-state index is 11.5. The average Bonchev–Trinajstić information content (AvgIpc) is 2.74. The van der Waals surface area contributed by atoms with Crippen molar-refractivity contribution in [2.75, 3.05) is 20.2 Å². The SMILES string of the molecule is C#CCCC(=O)N1CCC(C(=O)OC)C1. The second kappa shape index (κ2) is 5.40. The minimum absolute atomic E-state index is 0.0272. The maximum atomic E-state index is 11.5. The second-order valence-corrected chi connectivity index (χ2v) is 3.55. The van der Waals surface area contributed by atoms with Gasteiger partial charge in [-0.25, -0.2) is 0 Å². The fourth-order valence-corrected chi connectivity index (χ4v) is 1.68. The third-order valence-electron chi connectivity index (χ3n) is 2.56. The molecule has 4 heteroatoms. The first-order valence-electron chi connectivity index (χ1n) is 4.98. The van der Waals surface area contributed by atoms with Crippen molar-refractivity contribution in [2.45, 2.75) is 19.3 Å². The van der Waals surface area contributed by atoms with Crippen molar-refractivity contribution in [3.05, 3.63) is 0 Å². The number of hydrogen-bond donors (Lipinski definition) is 0. The lowest BCUT2D eigenvalue weighted by molar-refractivity contribution is -0.145. The zero-order valence-corrected chi connectivity index (χ0v) is 8.86. The Balaban J connectivity index is 2.39. The molecule has 1 rings (SSSR count). The summed E-state index contributed by atoms with van der Waals surface area (Å²) in [6, 6.07) is 0. The van der Waals surface area contributed by atoms with Crippen molar-refractivity contribution in [3.63, 3.8) is 0 Å². The maximum Gasteiger partial charge on any atom is 0.310 e. The van der Waals surface area contributed by atoms with Crippen molar-refractivity contribution >= 4 is 11.9 Å². The number of carbonyl (C=O) groups is 2. The van der Waals surface area contributed by atoms with Crippen LogP contribution in [-0.2, 0) is 14.3 Å². The predicted octanol–water partition coefficient (Wildman–Crippen LogP) is 0.421. The first kappa shape index (κ1) is 11.6. The molecule has 15 heavy (non-hydrogen) atoms. The molecule has 82 valence electrons. The van der Waals surface area contributed by atoms with Crippen molar-refractivity contribution in [2.24, 2.45) is 5.92 Å². The van der Waals surface area contributed by atoms with Gasteiger partial charge in [0.2, 0.25) is 5.91 Å². The molecule has 0 aromatic heterocycles. The fraction of sp³-hybridized carbons (Fsp3) is 0.636. The Labute approximate surface area is 89.6 Å². The minimum Gasteiger partial charge on any atom is -0.469 e. The van der Waals surface area contributed by atoms with Crippen LogP contribution in [0.15, 0.2) is 0 Å². The molecule has 1 amide bonds. The Morgan fingerprint density at radius 1 is 1.60 bits per heavy atom. The third-order valence-corrected chi connectivity index (χ3v) is 2.56. The largest absolute Gasteiger partial charge is 0.469 e. The summed E-state index contributed by atoms with van der Waals surface area (Å²) in [6.45, 7) is 1.10. The Morgan fingerprint density at radius 3 is 2.93 bits per heavy atom. The lowest BCUT2D eigenvalue weighted by Gasteiger charge is -2.15. The predicted molar refractivity (Wildman–Crippen MR) is 54.8 cm³/mol. The number of likely N-dealkylation sites (tertiary alicyclic amines) is 1. The number of carbonyl (C=O) groups excluding carboxylic acids is 2. The van der Waals surface area contributed by atoms with Crippen LogP contribution in [0.5, 0.6) is 0 Å². The van der Waals surface area contributed by atoms with Gasteiger partial charge in [-0.2, -0.15) is 0 Å². The molecule has 0 aromatic carbocycles. The van der Waals surface area contributed by atoms with E-state index in [9.17, 15) is 9.59 Å². The van der Waals surface area contributed by atoms with E-state index in [1.807, 2.05) is 0 Å². The summed E-state index contributed by atoms with van der Waals surface area (Å²) in [6.07, 6.45) is 6.59. The van der Waals surface area contributed by atoms with Gasteiger partial charge >= 0.3 is 5.97 Å². The molecule has 1 atom stereocenters. The molecule has 0 bridgehead atoms. The third kappa shape index (κ3) is 2.98. The van der Waals surface area contributed by atoms with E-state index >= 15 is 0 Å². The molecule has 1 aliphatic rings. The topological polar surface area (TPSA) is 46.6 Å². The quantitative estimate of drug-likeness (QED) is 0.500. The highest BCUT2D eigenvalue weighted by atomic mass is 16.5. The van der Waals surface area contributed by atoms with Gasteiger partial charge in [0.15, 0.2) is 0 Å². The Bertz CT molecular complexity index is 293. The molecular weight excluding hydrogens is 194 g/mol. The molecule has 0 spiro atoms. The fourth-order valence-electron chi connectivity index (χ4n) is 1.68. The van der Waals surface area contributed by atoms with Gasteiger partial charge in [-0.3, -0.25) is 9.59 Å². The molecule has 0 N–H and O–H groups in total. The number of terminal acetylenes is 1. The monoisotopic (exact) mass is 209 g/mol. The number of nitrogens with zero attached hydrogens (tertiary/aromatic N) is 1. The minimum atomic E-state index is -0.234. The molecule has 1 unspecified atom stereocenters. The van der Waals surface area contributed by atoms with E-state index in [2.05, 4.69) is 10.7 Å². The first-order valence-corrected chi connectivity index (χ1v) is 4.98. The van der Waals surface area contributed by atoms with Crippen LogP contribution in [-0.4, -0.2) is 37.0 Å². The molecule has 1 aliphatic heterocycles. The van der Waals surface area contributed by atoms with Crippen LogP contribution in [0.3, 0.4) is 0 Å². The van der Waals surface area contributed by atoms with E-state index in [0.29, 0.717) is 32.4 Å². The lowest BCUT2D eigenvalue weighted by Crippen LogP contribution is -2.29. The molecule has 0 aliphatic carbocycles. The summed E-state index contributed by atoms with van der Waals surface area (Å²) < 4.78 is 4.63. The summed E-state index contributed by atoms with van der Waals surface area (Å²) in [4.78, 5) is 24.4. The standard InChI is InChI=1S/C11H15NO3/c1-3-4-5-10(13)12-7-6-9(8-12)11(14)15-2/h1,9H,4-8H2,2H3. The van der Waals surface area contributed by atoms with Gasteiger partial charge in [-0.1, -0.05) is 0 Å². The lowest BCUT2D eigenvalue weighted by atomic mass is 10.1. The van der Waals surface area contributed by atoms with Crippen molar-refractivity contribution in [3.8, 4) is 12.3 Å². The summed E-state index contributed by atoms with van der Waals surface area (Å²) >= 11 is 0. The van der Waals surface area contributed by atoms with E-state index < -0.39 is 0 Å². The number of rotatable bonds is 3. The highest BCUT2D eigenvalue weighted by Gasteiger charge is 2.31. The van der Waals surface area contributed by atoms with Crippen LogP contribution in [0.2, 0.25) is 0 Å². The molecule has 0 radical (unpaired) electrons. The Hall–Kier alpha value is -1.50. The number of methoxy groups -OCH3 is 1. The highest BCUT2D eigenvalue weighted by Crippen LogP contribution is 2.18. The van der Waals surface area contributed by atoms with Gasteiger partial charge in [0, 0.05) is 25.9 Å². The summed E-state index contributed by atoms with van der Waals surface area (Å²) in [5, 5.41) is 0. The van der Waals surface area contributed by atoms with Crippen LogP contribution in [0.25, 0.3) is 0 Å². The van der Waals surface area contributed by atoms with Gasteiger partial charge in [0.25, 0.3) is 0 Å². The Morgan fingerprint density at radius 2 is 2.33 bits per heavy atom. The van der Waals surface area contributed by atoms with Crippen LogP contribution < -0.4 is 0 Å². The molecular formula is C11H15NO3. The normalized spacial score (nSPS) is 19.7. The van der Waals surface area contributed by atoms with Gasteiger partial charge in [-0.15, -0.1) is 12.3 Å². The van der Waals surface area contributed by atoms with Crippen LogP contribution in [0.4, 0.5) is 0 Å². The molecule has 1 heterocycles. The van der Waals surface area contributed by atoms with Crippen molar-refractivity contribution < 1.29 is 14.3 Å². The van der Waals surface area contributed by atoms with E-state index in [1.54, 1.807) is 4.90 Å². The van der Waals surface area contributed by atoms with E-state index in [-0.39, 0.29) is 17.8 Å². The Kier molecular flexibility index (Phi) is 4.17. The number of amides is 1. The number of ether oxygens (including phenoxy) is 1. The van der Waals surface area contributed by atoms with Gasteiger partial charge in [0.1, 0.15) is 0 Å². The molecule has 1 saturated heterocycles. The summed E-state index contributed by atoms with van der Waals surface area (Å²) in [5.74, 6) is 2.06. The first-order chi connectivity index (χ1) is 7.19. The molecule has 0 aromatic rings. The van der Waals surface area contributed by atoms with E-state index in [0.717, 1.165) is 0 Å². The van der Waals surface area contributed by atoms with Gasteiger partial charge < -0.3 is 9.64 Å². The van der Waals surface area contributed by atoms with Crippen LogP contribution >= 0.6 is 0 Å². The zero-order chi connectivity index (χ0) is 11.3. The van der Waals surface area contributed by atoms with Crippen molar-refractivity contribution in [1.29, 1.82) is 0 Å². The van der Waals surface area contributed by atoms with E-state index in [4.69, 9.17) is 6.42 Å².